The van der Waals surface area contributed by atoms with Gasteiger partial charge < -0.3 is 15.3 Å². The Morgan fingerprint density at radius 1 is 1.43 bits per heavy atom. The standard InChI is InChI=1S/C9H18N2O3/c1-5-11(4)9(14)10-7(3)6(2)8(12)13/h6-7H,5H2,1-4H3,(H,10,14)(H,12,13). The first-order chi connectivity index (χ1) is 6.40. The Kier molecular flexibility index (Phi) is 4.97. The Bertz CT molecular complexity index is 218. The van der Waals surface area contributed by atoms with Gasteiger partial charge in [0.15, 0.2) is 0 Å². The van der Waals surface area contributed by atoms with Crippen molar-refractivity contribution in [1.82, 2.24) is 10.2 Å². The van der Waals surface area contributed by atoms with Crippen molar-refractivity contribution in [3.63, 3.8) is 0 Å². The second-order valence-electron chi connectivity index (χ2n) is 3.38. The maximum atomic E-state index is 11.3. The van der Waals surface area contributed by atoms with Gasteiger partial charge in [0.2, 0.25) is 0 Å². The highest BCUT2D eigenvalue weighted by molar-refractivity contribution is 5.76. The Balaban J connectivity index is 4.12. The van der Waals surface area contributed by atoms with Crippen molar-refractivity contribution >= 4 is 12.0 Å². The quantitative estimate of drug-likeness (QED) is 0.707. The van der Waals surface area contributed by atoms with Gasteiger partial charge in [0, 0.05) is 19.6 Å². The molecule has 2 amide bonds. The summed E-state index contributed by atoms with van der Waals surface area (Å²) < 4.78 is 0. The van der Waals surface area contributed by atoms with Crippen LogP contribution in [0.1, 0.15) is 20.8 Å². The molecule has 2 atom stereocenters. The van der Waals surface area contributed by atoms with Gasteiger partial charge in [0.05, 0.1) is 5.92 Å². The summed E-state index contributed by atoms with van der Waals surface area (Å²) in [5.74, 6) is -1.49. The zero-order valence-electron chi connectivity index (χ0n) is 9.07. The SMILES string of the molecule is CCN(C)C(=O)NC(C)C(C)C(=O)O. The van der Waals surface area contributed by atoms with E-state index in [0.717, 1.165) is 0 Å². The molecule has 14 heavy (non-hydrogen) atoms. The van der Waals surface area contributed by atoms with Gasteiger partial charge in [0.1, 0.15) is 0 Å². The minimum Gasteiger partial charge on any atom is -0.481 e. The van der Waals surface area contributed by atoms with E-state index in [2.05, 4.69) is 5.32 Å². The lowest BCUT2D eigenvalue weighted by molar-refractivity contribution is -0.141. The third kappa shape index (κ3) is 3.64. The maximum Gasteiger partial charge on any atom is 0.317 e. The molecule has 82 valence electrons. The number of urea groups is 1. The summed E-state index contributed by atoms with van der Waals surface area (Å²) >= 11 is 0. The highest BCUT2D eigenvalue weighted by atomic mass is 16.4. The predicted octanol–water partition coefficient (Wildman–Crippen LogP) is 0.757. The Labute approximate surface area is 84.1 Å². The summed E-state index contributed by atoms with van der Waals surface area (Å²) in [6.45, 7) is 5.70. The fraction of sp³-hybridized carbons (Fsp3) is 0.778. The lowest BCUT2D eigenvalue weighted by Crippen LogP contribution is -2.45. The number of nitrogens with one attached hydrogen (secondary N) is 1. The molecule has 0 radical (unpaired) electrons. The van der Waals surface area contributed by atoms with E-state index in [9.17, 15) is 9.59 Å². The van der Waals surface area contributed by atoms with E-state index in [1.165, 1.54) is 4.90 Å². The van der Waals surface area contributed by atoms with Crippen molar-refractivity contribution < 1.29 is 14.7 Å². The average molecular weight is 202 g/mol. The molecule has 0 fully saturated rings. The van der Waals surface area contributed by atoms with Crippen LogP contribution in [-0.2, 0) is 4.79 Å². The highest BCUT2D eigenvalue weighted by Gasteiger charge is 2.21. The summed E-state index contributed by atoms with van der Waals surface area (Å²) in [6.07, 6.45) is 0. The van der Waals surface area contributed by atoms with Crippen molar-refractivity contribution in [3.05, 3.63) is 0 Å². The molecule has 5 heteroatoms. The molecule has 0 aliphatic carbocycles. The molecule has 0 aliphatic rings. The molecule has 0 aliphatic heterocycles. The number of aliphatic carboxylic acids is 1. The van der Waals surface area contributed by atoms with Crippen LogP contribution in [0, 0.1) is 5.92 Å². The third-order valence-electron chi connectivity index (χ3n) is 2.31. The summed E-state index contributed by atoms with van der Waals surface area (Å²) in [6, 6.07) is -0.609. The zero-order chi connectivity index (χ0) is 11.3. The van der Waals surface area contributed by atoms with Crippen LogP contribution in [0.5, 0.6) is 0 Å². The topological polar surface area (TPSA) is 69.6 Å². The second kappa shape index (κ2) is 5.47. The second-order valence-corrected chi connectivity index (χ2v) is 3.38. The smallest absolute Gasteiger partial charge is 0.317 e. The van der Waals surface area contributed by atoms with E-state index in [0.29, 0.717) is 6.54 Å². The van der Waals surface area contributed by atoms with E-state index in [1.54, 1.807) is 20.9 Å². The summed E-state index contributed by atoms with van der Waals surface area (Å²) in [4.78, 5) is 23.4. The molecule has 0 saturated carbocycles. The lowest BCUT2D eigenvalue weighted by Gasteiger charge is -2.22. The van der Waals surface area contributed by atoms with Gasteiger partial charge >= 0.3 is 12.0 Å². The molecule has 2 unspecified atom stereocenters. The van der Waals surface area contributed by atoms with Crippen LogP contribution in [0.2, 0.25) is 0 Å². The van der Waals surface area contributed by atoms with Crippen LogP contribution in [0.3, 0.4) is 0 Å². The first-order valence-electron chi connectivity index (χ1n) is 4.64. The third-order valence-corrected chi connectivity index (χ3v) is 2.31. The number of rotatable bonds is 4. The number of amides is 2. The highest BCUT2D eigenvalue weighted by Crippen LogP contribution is 2.02. The minimum atomic E-state index is -0.906. The molecule has 0 aromatic rings. The Hall–Kier alpha value is -1.26. The number of carboxylic acid groups (broad SMARTS) is 1. The van der Waals surface area contributed by atoms with E-state index >= 15 is 0 Å². The molecule has 0 saturated heterocycles. The molecule has 0 aromatic heterocycles. The summed E-state index contributed by atoms with van der Waals surface area (Å²) in [5, 5.41) is 11.3. The fourth-order valence-electron chi connectivity index (χ4n) is 0.787. The largest absolute Gasteiger partial charge is 0.481 e. The molecule has 0 heterocycles. The van der Waals surface area contributed by atoms with Crippen LogP contribution < -0.4 is 5.32 Å². The average Bonchev–Trinajstić information content (AvgIpc) is 2.14. The van der Waals surface area contributed by atoms with Crippen LogP contribution in [0.15, 0.2) is 0 Å². The number of nitrogens with zero attached hydrogens (tertiary/aromatic N) is 1. The molecule has 2 N–H and O–H groups in total. The van der Waals surface area contributed by atoms with Gasteiger partial charge in [-0.1, -0.05) is 0 Å². The van der Waals surface area contributed by atoms with Crippen molar-refractivity contribution in [3.8, 4) is 0 Å². The molecule has 0 spiro atoms. The van der Waals surface area contributed by atoms with Gasteiger partial charge in [-0.2, -0.15) is 0 Å². The molecule has 0 aromatic carbocycles. The first-order valence-corrected chi connectivity index (χ1v) is 4.64. The normalized spacial score (nSPS) is 14.3. The molecule has 0 rings (SSSR count). The van der Waals surface area contributed by atoms with Crippen molar-refractivity contribution in [2.45, 2.75) is 26.8 Å². The minimum absolute atomic E-state index is 0.242. The van der Waals surface area contributed by atoms with Gasteiger partial charge in [0.25, 0.3) is 0 Å². The predicted molar refractivity (Wildman–Crippen MR) is 53.1 cm³/mol. The number of carboxylic acids is 1. The Morgan fingerprint density at radius 2 is 1.93 bits per heavy atom. The van der Waals surface area contributed by atoms with Gasteiger partial charge in [-0.15, -0.1) is 0 Å². The summed E-state index contributed by atoms with van der Waals surface area (Å²) in [7, 11) is 1.66. The van der Waals surface area contributed by atoms with Crippen molar-refractivity contribution in [1.29, 1.82) is 0 Å². The monoisotopic (exact) mass is 202 g/mol. The van der Waals surface area contributed by atoms with Gasteiger partial charge in [-0.3, -0.25) is 4.79 Å². The van der Waals surface area contributed by atoms with Gasteiger partial charge in [-0.25, -0.2) is 4.79 Å². The van der Waals surface area contributed by atoms with Gasteiger partial charge in [-0.05, 0) is 20.8 Å². The van der Waals surface area contributed by atoms with Crippen LogP contribution in [0.25, 0.3) is 0 Å². The molecular weight excluding hydrogens is 184 g/mol. The maximum absolute atomic E-state index is 11.3. The van der Waals surface area contributed by atoms with Crippen LogP contribution in [0.4, 0.5) is 4.79 Å². The van der Waals surface area contributed by atoms with E-state index in [-0.39, 0.29) is 12.1 Å². The molecule has 0 bridgehead atoms. The van der Waals surface area contributed by atoms with Crippen LogP contribution >= 0.6 is 0 Å². The van der Waals surface area contributed by atoms with Crippen molar-refractivity contribution in [2.24, 2.45) is 5.92 Å². The first kappa shape index (κ1) is 12.7. The number of hydrogen-bond acceptors (Lipinski definition) is 2. The zero-order valence-corrected chi connectivity index (χ0v) is 9.07. The van der Waals surface area contributed by atoms with E-state index < -0.39 is 11.9 Å². The lowest BCUT2D eigenvalue weighted by atomic mass is 10.0. The number of hydrogen-bond donors (Lipinski definition) is 2. The van der Waals surface area contributed by atoms with E-state index in [4.69, 9.17) is 5.11 Å². The van der Waals surface area contributed by atoms with E-state index in [1.807, 2.05) is 6.92 Å². The number of carbonyl (C=O) groups is 2. The van der Waals surface area contributed by atoms with Crippen molar-refractivity contribution in [2.75, 3.05) is 13.6 Å². The summed E-state index contributed by atoms with van der Waals surface area (Å²) in [5.41, 5.74) is 0. The number of carbonyl (C=O) groups excluding carboxylic acids is 1. The molecular formula is C9H18N2O3. The fourth-order valence-corrected chi connectivity index (χ4v) is 0.787. The van der Waals surface area contributed by atoms with Crippen LogP contribution in [-0.4, -0.2) is 41.6 Å². The molecule has 5 nitrogen and oxygen atoms in total. The Morgan fingerprint density at radius 3 is 2.29 bits per heavy atom.